The van der Waals surface area contributed by atoms with Crippen LogP contribution >= 0.6 is 7.37 Å². The van der Waals surface area contributed by atoms with E-state index in [2.05, 4.69) is 4.98 Å². The minimum absolute atomic E-state index is 0.137. The van der Waals surface area contributed by atoms with Crippen LogP contribution < -0.4 is 5.56 Å². The van der Waals surface area contributed by atoms with E-state index in [0.717, 1.165) is 11.0 Å². The van der Waals surface area contributed by atoms with Gasteiger partial charge in [-0.05, 0) is 25.0 Å². The maximum absolute atomic E-state index is 12.1. The van der Waals surface area contributed by atoms with Crippen molar-refractivity contribution in [2.24, 2.45) is 7.05 Å². The van der Waals surface area contributed by atoms with E-state index in [1.165, 1.54) is 6.66 Å². The van der Waals surface area contributed by atoms with Crippen LogP contribution in [-0.2, 0) is 18.0 Å². The molecule has 102 valence electrons. The Labute approximate surface area is 111 Å². The second kappa shape index (κ2) is 5.27. The van der Waals surface area contributed by atoms with E-state index >= 15 is 0 Å². The van der Waals surface area contributed by atoms with Crippen LogP contribution in [0.5, 0.6) is 0 Å². The Kier molecular flexibility index (Phi) is 3.88. The molecule has 5 nitrogen and oxygen atoms in total. The number of aromatic nitrogens is 2. The summed E-state index contributed by atoms with van der Waals surface area (Å²) in [6, 6.07) is 7.44. The Balaban J connectivity index is 2.31. The molecule has 1 aromatic heterocycles. The van der Waals surface area contributed by atoms with Gasteiger partial charge in [-0.3, -0.25) is 9.36 Å². The first-order valence-corrected chi connectivity index (χ1v) is 8.41. The summed E-state index contributed by atoms with van der Waals surface area (Å²) in [4.78, 5) is 25.7. The summed E-state index contributed by atoms with van der Waals surface area (Å²) in [5.74, 6) is 0. The molecule has 0 aliphatic heterocycles. The second-order valence-corrected chi connectivity index (χ2v) is 7.34. The molecule has 0 saturated carbocycles. The molecule has 1 heterocycles. The Morgan fingerprint density at radius 1 is 1.37 bits per heavy atom. The predicted molar refractivity (Wildman–Crippen MR) is 75.9 cm³/mol. The molecule has 2 rings (SSSR count). The Bertz CT molecular complexity index is 703. The van der Waals surface area contributed by atoms with E-state index in [9.17, 15) is 14.3 Å². The fraction of sp³-hybridized carbons (Fsp3) is 0.385. The monoisotopic (exact) mass is 280 g/mol. The Morgan fingerprint density at radius 3 is 2.74 bits per heavy atom. The highest BCUT2D eigenvalue weighted by molar-refractivity contribution is 7.57. The van der Waals surface area contributed by atoms with Crippen molar-refractivity contribution in [2.75, 3.05) is 12.8 Å². The van der Waals surface area contributed by atoms with Crippen molar-refractivity contribution in [3.63, 3.8) is 0 Å². The molecular formula is C13H17N2O3P. The van der Waals surface area contributed by atoms with Gasteiger partial charge in [-0.15, -0.1) is 0 Å². The van der Waals surface area contributed by atoms with E-state index < -0.39 is 7.37 Å². The molecule has 0 aliphatic carbocycles. The number of benzene rings is 1. The zero-order valence-electron chi connectivity index (χ0n) is 11.0. The lowest BCUT2D eigenvalue weighted by Crippen LogP contribution is -2.23. The molecule has 0 bridgehead atoms. The second-order valence-electron chi connectivity index (χ2n) is 4.79. The molecule has 0 spiro atoms. The van der Waals surface area contributed by atoms with Gasteiger partial charge in [0.2, 0.25) is 0 Å². The van der Waals surface area contributed by atoms with E-state index in [1.807, 2.05) is 24.3 Å². The summed E-state index contributed by atoms with van der Waals surface area (Å²) in [5.41, 5.74) is 1.88. The van der Waals surface area contributed by atoms with Gasteiger partial charge in [0, 0.05) is 19.9 Å². The summed E-state index contributed by atoms with van der Waals surface area (Å²) in [6.07, 6.45) is 1.13. The average Bonchev–Trinajstić information content (AvgIpc) is 2.34. The van der Waals surface area contributed by atoms with Gasteiger partial charge in [-0.1, -0.05) is 12.1 Å². The summed E-state index contributed by atoms with van der Waals surface area (Å²) >= 11 is 0. The quantitative estimate of drug-likeness (QED) is 0.866. The van der Waals surface area contributed by atoms with Crippen LogP contribution in [0.25, 0.3) is 11.0 Å². The number of nitrogens with zero attached hydrogens (tertiary/aromatic N) is 2. The lowest BCUT2D eigenvalue weighted by molar-refractivity contribution is 0.483. The normalized spacial score (nSPS) is 14.5. The Hall–Kier alpha value is -1.45. The zero-order chi connectivity index (χ0) is 14.0. The molecule has 1 aromatic carbocycles. The van der Waals surface area contributed by atoms with Crippen molar-refractivity contribution in [3.05, 3.63) is 40.3 Å². The number of aryl methyl sites for hydroxylation is 2. The van der Waals surface area contributed by atoms with E-state index in [0.29, 0.717) is 18.5 Å². The van der Waals surface area contributed by atoms with Gasteiger partial charge < -0.3 is 9.46 Å². The standard InChI is InChI=1S/C13H17N2O3P/c1-15-12-8-4-3-6-10(12)14-11(13(15)16)7-5-9-19(2,17)18/h3-4,6,8H,5,7,9H2,1-2H3,(H,17,18). The molecule has 1 unspecified atom stereocenters. The molecule has 1 atom stereocenters. The minimum Gasteiger partial charge on any atom is -0.344 e. The first-order chi connectivity index (χ1) is 8.88. The predicted octanol–water partition coefficient (Wildman–Crippen LogP) is 1.77. The summed E-state index contributed by atoms with van der Waals surface area (Å²) in [7, 11) is -1.30. The third-order valence-electron chi connectivity index (χ3n) is 3.04. The number of hydrogen-bond acceptors (Lipinski definition) is 3. The Morgan fingerprint density at radius 2 is 2.05 bits per heavy atom. The van der Waals surface area contributed by atoms with Crippen molar-refractivity contribution >= 4 is 18.4 Å². The summed E-state index contributed by atoms with van der Waals surface area (Å²) in [5, 5.41) is 0. The molecule has 0 aliphatic rings. The lowest BCUT2D eigenvalue weighted by atomic mass is 10.2. The molecule has 19 heavy (non-hydrogen) atoms. The third kappa shape index (κ3) is 3.31. The molecular weight excluding hydrogens is 263 g/mol. The van der Waals surface area contributed by atoms with E-state index in [1.54, 1.807) is 11.6 Å². The van der Waals surface area contributed by atoms with Crippen LogP contribution in [-0.4, -0.2) is 27.3 Å². The fourth-order valence-electron chi connectivity index (χ4n) is 2.04. The van der Waals surface area contributed by atoms with Crippen molar-refractivity contribution in [1.82, 2.24) is 9.55 Å². The molecule has 0 amide bonds. The molecule has 2 aromatic rings. The summed E-state index contributed by atoms with van der Waals surface area (Å²) in [6.45, 7) is 1.33. The number of para-hydroxylation sites is 2. The molecule has 0 radical (unpaired) electrons. The van der Waals surface area contributed by atoms with Crippen molar-refractivity contribution in [2.45, 2.75) is 12.8 Å². The highest BCUT2D eigenvalue weighted by Gasteiger charge is 2.12. The van der Waals surface area contributed by atoms with Crippen LogP contribution in [0.15, 0.2) is 29.1 Å². The first-order valence-electron chi connectivity index (χ1n) is 6.12. The molecule has 1 N–H and O–H groups in total. The number of rotatable bonds is 4. The molecule has 6 heteroatoms. The van der Waals surface area contributed by atoms with Crippen LogP contribution in [0.1, 0.15) is 12.1 Å². The zero-order valence-corrected chi connectivity index (χ0v) is 11.9. The van der Waals surface area contributed by atoms with Gasteiger partial charge in [0.05, 0.1) is 11.0 Å². The first kappa shape index (κ1) is 14.0. The van der Waals surface area contributed by atoms with E-state index in [4.69, 9.17) is 0 Å². The molecule has 0 saturated heterocycles. The topological polar surface area (TPSA) is 72.2 Å². The van der Waals surface area contributed by atoms with Crippen molar-refractivity contribution in [3.8, 4) is 0 Å². The third-order valence-corrected chi connectivity index (χ3v) is 4.18. The van der Waals surface area contributed by atoms with Gasteiger partial charge in [0.25, 0.3) is 5.56 Å². The fourth-order valence-corrected chi connectivity index (χ4v) is 2.79. The number of hydrogen-bond donors (Lipinski definition) is 1. The highest BCUT2D eigenvalue weighted by atomic mass is 31.2. The van der Waals surface area contributed by atoms with Crippen LogP contribution in [0.4, 0.5) is 0 Å². The molecule has 0 fully saturated rings. The minimum atomic E-state index is -3.01. The maximum Gasteiger partial charge on any atom is 0.272 e. The smallest absolute Gasteiger partial charge is 0.272 e. The SMILES string of the molecule is Cn1c(=O)c(CCCP(C)(=O)O)nc2ccccc21. The van der Waals surface area contributed by atoms with Gasteiger partial charge in [-0.25, -0.2) is 4.98 Å². The van der Waals surface area contributed by atoms with Gasteiger partial charge >= 0.3 is 0 Å². The van der Waals surface area contributed by atoms with Crippen molar-refractivity contribution < 1.29 is 9.46 Å². The van der Waals surface area contributed by atoms with Gasteiger partial charge in [0.1, 0.15) is 5.69 Å². The van der Waals surface area contributed by atoms with E-state index in [-0.39, 0.29) is 11.7 Å². The van der Waals surface area contributed by atoms with Gasteiger partial charge in [-0.2, -0.15) is 0 Å². The van der Waals surface area contributed by atoms with Crippen LogP contribution in [0.3, 0.4) is 0 Å². The maximum atomic E-state index is 12.1. The van der Waals surface area contributed by atoms with Crippen molar-refractivity contribution in [1.29, 1.82) is 0 Å². The largest absolute Gasteiger partial charge is 0.344 e. The van der Waals surface area contributed by atoms with Crippen LogP contribution in [0, 0.1) is 0 Å². The van der Waals surface area contributed by atoms with Gasteiger partial charge in [0.15, 0.2) is 7.37 Å². The summed E-state index contributed by atoms with van der Waals surface area (Å²) < 4.78 is 12.8. The van der Waals surface area contributed by atoms with Crippen LogP contribution in [0.2, 0.25) is 0 Å². The highest BCUT2D eigenvalue weighted by Crippen LogP contribution is 2.35. The lowest BCUT2D eigenvalue weighted by Gasteiger charge is -2.08. The number of fused-ring (bicyclic) bond motifs is 1. The average molecular weight is 280 g/mol.